The molecule has 0 bridgehead atoms. The van der Waals surface area contributed by atoms with E-state index < -0.39 is 0 Å². The van der Waals surface area contributed by atoms with Crippen LogP contribution in [0, 0.1) is 5.92 Å². The van der Waals surface area contributed by atoms with Crippen LogP contribution in [0.15, 0.2) is 11.6 Å². The number of allylic oxidation sites excluding steroid dienone is 1. The van der Waals surface area contributed by atoms with E-state index in [1.54, 1.807) is 0 Å². The summed E-state index contributed by atoms with van der Waals surface area (Å²) in [4.78, 5) is 10.8. The van der Waals surface area contributed by atoms with Gasteiger partial charge in [-0.15, -0.1) is 0 Å². The molecule has 0 aliphatic carbocycles. The van der Waals surface area contributed by atoms with Crippen LogP contribution in [0.5, 0.6) is 0 Å². The molecule has 0 aliphatic heterocycles. The molecule has 0 heterocycles. The summed E-state index contributed by atoms with van der Waals surface area (Å²) in [5.41, 5.74) is 1.27. The molecular formula is C8H13ClO. The fraction of sp³-hybridized carbons (Fsp3) is 0.625. The molecule has 0 aromatic rings. The molecule has 0 saturated heterocycles. The third kappa shape index (κ3) is 5.83. The van der Waals surface area contributed by atoms with E-state index in [-0.39, 0.29) is 5.78 Å². The average Bonchev–Trinajstić information content (AvgIpc) is 1.85. The fourth-order valence-electron chi connectivity index (χ4n) is 0.585. The molecule has 10 heavy (non-hydrogen) atoms. The first-order chi connectivity index (χ1) is 4.66. The molecule has 0 spiro atoms. The summed E-state index contributed by atoms with van der Waals surface area (Å²) in [5.74, 6) is 0.705. The zero-order chi connectivity index (χ0) is 7.98. The first-order valence-corrected chi connectivity index (χ1v) is 3.90. The lowest BCUT2D eigenvalue weighted by molar-refractivity contribution is -0.114. The minimum Gasteiger partial charge on any atom is -0.295 e. The highest BCUT2D eigenvalue weighted by molar-refractivity contribution is 6.26. The Morgan fingerprint density at radius 1 is 1.60 bits per heavy atom. The number of ketones is 1. The number of hydrogen-bond donors (Lipinski definition) is 0. The Morgan fingerprint density at radius 3 is 2.60 bits per heavy atom. The number of halogens is 1. The summed E-state index contributed by atoms with van der Waals surface area (Å²) in [6.07, 6.45) is 2.96. The zero-order valence-corrected chi connectivity index (χ0v) is 7.19. The lowest BCUT2D eigenvalue weighted by atomic mass is 10.1. The van der Waals surface area contributed by atoms with E-state index in [1.807, 2.05) is 0 Å². The molecule has 58 valence electrons. The van der Waals surface area contributed by atoms with Crippen LogP contribution in [-0.4, -0.2) is 5.78 Å². The van der Waals surface area contributed by atoms with Crippen LogP contribution in [0.1, 0.15) is 26.7 Å². The van der Waals surface area contributed by atoms with E-state index in [2.05, 4.69) is 13.8 Å². The number of rotatable bonds is 4. The Hall–Kier alpha value is -0.300. The maximum absolute atomic E-state index is 10.8. The topological polar surface area (TPSA) is 17.1 Å². The predicted octanol–water partition coefficient (Wildman–Crippen LogP) is 2.74. The molecule has 0 rings (SSSR count). The Morgan fingerprint density at radius 2 is 2.20 bits per heavy atom. The van der Waals surface area contributed by atoms with E-state index in [0.29, 0.717) is 12.3 Å². The van der Waals surface area contributed by atoms with Crippen molar-refractivity contribution in [2.24, 2.45) is 5.92 Å². The van der Waals surface area contributed by atoms with Crippen molar-refractivity contribution in [3.05, 3.63) is 11.6 Å². The van der Waals surface area contributed by atoms with Crippen LogP contribution in [-0.2, 0) is 4.79 Å². The van der Waals surface area contributed by atoms with Gasteiger partial charge in [-0.2, -0.15) is 0 Å². The number of hydrogen-bond acceptors (Lipinski definition) is 1. The smallest absolute Gasteiger partial charge is 0.156 e. The van der Waals surface area contributed by atoms with Gasteiger partial charge in [0, 0.05) is 12.0 Å². The van der Waals surface area contributed by atoms with Crippen molar-refractivity contribution in [1.29, 1.82) is 0 Å². The van der Waals surface area contributed by atoms with Gasteiger partial charge in [0.2, 0.25) is 0 Å². The first kappa shape index (κ1) is 9.70. The van der Waals surface area contributed by atoms with Gasteiger partial charge >= 0.3 is 0 Å². The normalized spacial score (nSPS) is 11.2. The number of carbonyl (C=O) groups is 1. The van der Waals surface area contributed by atoms with E-state index in [4.69, 9.17) is 11.6 Å². The molecule has 0 aromatic carbocycles. The molecule has 0 aliphatic rings. The van der Waals surface area contributed by atoms with Gasteiger partial charge in [0.25, 0.3) is 0 Å². The monoisotopic (exact) mass is 160 g/mol. The van der Waals surface area contributed by atoms with Gasteiger partial charge in [0.15, 0.2) is 5.78 Å². The predicted molar refractivity (Wildman–Crippen MR) is 44.1 cm³/mol. The molecule has 0 amide bonds. The molecule has 0 radical (unpaired) electrons. The van der Waals surface area contributed by atoms with Crippen molar-refractivity contribution in [3.63, 3.8) is 0 Å². The molecule has 0 fully saturated rings. The molecule has 0 N–H and O–H groups in total. The van der Waals surface area contributed by atoms with Crippen LogP contribution in [0.25, 0.3) is 0 Å². The SMILES string of the molecule is CC(C)CCC(=O)C=CCl. The Labute approximate surface area is 67.1 Å². The van der Waals surface area contributed by atoms with E-state index in [1.165, 1.54) is 11.6 Å². The van der Waals surface area contributed by atoms with Crippen molar-refractivity contribution in [3.8, 4) is 0 Å². The second kappa shape index (κ2) is 5.48. The zero-order valence-electron chi connectivity index (χ0n) is 6.43. The van der Waals surface area contributed by atoms with Gasteiger partial charge in [-0.25, -0.2) is 0 Å². The van der Waals surface area contributed by atoms with Crippen LogP contribution in [0.4, 0.5) is 0 Å². The molecule has 2 heteroatoms. The van der Waals surface area contributed by atoms with Gasteiger partial charge in [-0.3, -0.25) is 4.79 Å². The van der Waals surface area contributed by atoms with Crippen molar-refractivity contribution in [1.82, 2.24) is 0 Å². The summed E-state index contributed by atoms with van der Waals surface area (Å²) < 4.78 is 0. The van der Waals surface area contributed by atoms with Crippen molar-refractivity contribution in [2.75, 3.05) is 0 Å². The second-order valence-corrected chi connectivity index (χ2v) is 2.94. The Kier molecular flexibility index (Phi) is 5.32. The van der Waals surface area contributed by atoms with Gasteiger partial charge in [0.1, 0.15) is 0 Å². The molecule has 1 nitrogen and oxygen atoms in total. The second-order valence-electron chi connectivity index (χ2n) is 2.69. The van der Waals surface area contributed by atoms with Crippen LogP contribution >= 0.6 is 11.6 Å². The van der Waals surface area contributed by atoms with Crippen molar-refractivity contribution >= 4 is 17.4 Å². The maximum atomic E-state index is 10.8. The third-order valence-corrected chi connectivity index (χ3v) is 1.34. The summed E-state index contributed by atoms with van der Waals surface area (Å²) >= 11 is 5.21. The number of carbonyl (C=O) groups excluding carboxylic acids is 1. The molecular weight excluding hydrogens is 148 g/mol. The van der Waals surface area contributed by atoms with E-state index >= 15 is 0 Å². The fourth-order valence-corrected chi connectivity index (χ4v) is 0.725. The van der Waals surface area contributed by atoms with Crippen molar-refractivity contribution in [2.45, 2.75) is 26.7 Å². The molecule has 0 aromatic heterocycles. The van der Waals surface area contributed by atoms with Gasteiger partial charge in [-0.1, -0.05) is 25.4 Å². The summed E-state index contributed by atoms with van der Waals surface area (Å²) in [6, 6.07) is 0. The van der Waals surface area contributed by atoms with Crippen LogP contribution in [0.3, 0.4) is 0 Å². The van der Waals surface area contributed by atoms with Gasteiger partial charge in [-0.05, 0) is 18.4 Å². The van der Waals surface area contributed by atoms with Crippen LogP contribution in [0.2, 0.25) is 0 Å². The highest BCUT2D eigenvalue weighted by Gasteiger charge is 1.98. The highest BCUT2D eigenvalue weighted by Crippen LogP contribution is 2.04. The lowest BCUT2D eigenvalue weighted by Crippen LogP contribution is -1.95. The van der Waals surface area contributed by atoms with Gasteiger partial charge in [0.05, 0.1) is 0 Å². The van der Waals surface area contributed by atoms with Gasteiger partial charge < -0.3 is 0 Å². The Bertz CT molecular complexity index is 127. The maximum Gasteiger partial charge on any atom is 0.156 e. The summed E-state index contributed by atoms with van der Waals surface area (Å²) in [6.45, 7) is 4.19. The summed E-state index contributed by atoms with van der Waals surface area (Å²) in [5, 5.41) is 0. The molecule has 0 atom stereocenters. The molecule has 0 unspecified atom stereocenters. The highest BCUT2D eigenvalue weighted by atomic mass is 35.5. The van der Waals surface area contributed by atoms with E-state index in [0.717, 1.165) is 6.42 Å². The minimum absolute atomic E-state index is 0.115. The molecule has 0 saturated carbocycles. The standard InChI is InChI=1S/C8H13ClO/c1-7(2)3-4-8(10)5-6-9/h5-7H,3-4H2,1-2H3. The third-order valence-electron chi connectivity index (χ3n) is 1.22. The Balaban J connectivity index is 3.40. The summed E-state index contributed by atoms with van der Waals surface area (Å²) in [7, 11) is 0. The lowest BCUT2D eigenvalue weighted by Gasteiger charge is -1.99. The largest absolute Gasteiger partial charge is 0.295 e. The van der Waals surface area contributed by atoms with Crippen LogP contribution < -0.4 is 0 Å². The van der Waals surface area contributed by atoms with E-state index in [9.17, 15) is 4.79 Å². The minimum atomic E-state index is 0.115. The quantitative estimate of drug-likeness (QED) is 0.578. The average molecular weight is 161 g/mol. The first-order valence-electron chi connectivity index (χ1n) is 3.46. The van der Waals surface area contributed by atoms with Crippen molar-refractivity contribution < 1.29 is 4.79 Å².